The van der Waals surface area contributed by atoms with Crippen LogP contribution in [0.4, 0.5) is 0 Å². The van der Waals surface area contributed by atoms with Crippen LogP contribution in [-0.2, 0) is 35.9 Å². The Kier molecular flexibility index (Phi) is 9.41. The number of methoxy groups -OCH3 is 2. The van der Waals surface area contributed by atoms with Gasteiger partial charge in [-0.1, -0.05) is 17.3 Å². The molecule has 0 aliphatic rings. The maximum absolute atomic E-state index is 13.1. The molecule has 3 aromatic rings. The Morgan fingerprint density at radius 1 is 1.03 bits per heavy atom. The second-order valence-electron chi connectivity index (χ2n) is 7.91. The first-order valence-corrected chi connectivity index (χ1v) is 15.1. The largest absolute Gasteiger partial charge is 0.383 e. The van der Waals surface area contributed by atoms with Gasteiger partial charge in [-0.25, -0.2) is 16.8 Å². The first-order valence-electron chi connectivity index (χ1n) is 11.0. The number of sulfone groups is 1. The summed E-state index contributed by atoms with van der Waals surface area (Å²) in [5, 5.41) is 0. The van der Waals surface area contributed by atoms with Crippen molar-refractivity contribution in [3.05, 3.63) is 52.8 Å². The number of nitrogens with zero attached hydrogens (tertiary/aromatic N) is 3. The maximum Gasteiger partial charge on any atom is 0.279 e. The number of benzene rings is 2. The quantitative estimate of drug-likeness (QED) is 0.325. The summed E-state index contributed by atoms with van der Waals surface area (Å²) < 4.78 is 63.5. The number of carbonyl (C=O) groups is 1. The molecule has 1 heterocycles. The van der Waals surface area contributed by atoms with E-state index in [1.165, 1.54) is 54.9 Å². The molecule has 198 valence electrons. The number of carbonyl (C=O) groups excluding carboxylic acids is 1. The first kappa shape index (κ1) is 28.7. The Balaban J connectivity index is 1.96. The summed E-state index contributed by atoms with van der Waals surface area (Å²) in [6.07, 6.45) is 6.61. The van der Waals surface area contributed by atoms with Gasteiger partial charge < -0.3 is 14.0 Å². The Bertz CT molecular complexity index is 1590. The molecule has 13 heteroatoms. The number of amides is 1. The summed E-state index contributed by atoms with van der Waals surface area (Å²) in [5.74, 6) is 1.92. The molecule has 0 spiro atoms. The van der Waals surface area contributed by atoms with E-state index in [4.69, 9.17) is 15.9 Å². The summed E-state index contributed by atoms with van der Waals surface area (Å²) in [6, 6.07) is 10.1. The van der Waals surface area contributed by atoms with Crippen molar-refractivity contribution >= 4 is 47.3 Å². The molecule has 0 fully saturated rings. The van der Waals surface area contributed by atoms with E-state index in [0.717, 1.165) is 17.6 Å². The number of hydrogen-bond acceptors (Lipinski definition) is 8. The van der Waals surface area contributed by atoms with Crippen molar-refractivity contribution in [3.63, 3.8) is 0 Å². The second-order valence-corrected chi connectivity index (χ2v) is 12.9. The number of ether oxygens (including phenoxy) is 2. The third kappa shape index (κ3) is 6.72. The Labute approximate surface area is 220 Å². The summed E-state index contributed by atoms with van der Waals surface area (Å²) in [6.45, 7) is 0.870. The van der Waals surface area contributed by atoms with Gasteiger partial charge in [0.15, 0.2) is 14.6 Å². The molecular weight excluding hydrogens is 538 g/mol. The topological polar surface area (TPSA) is 124 Å². The second kappa shape index (κ2) is 12.1. The molecule has 10 nitrogen and oxygen atoms in total. The molecule has 0 aliphatic heterocycles. The van der Waals surface area contributed by atoms with Crippen LogP contribution in [0, 0.1) is 12.3 Å². The zero-order valence-corrected chi connectivity index (χ0v) is 23.0. The molecule has 0 unspecified atom stereocenters. The van der Waals surface area contributed by atoms with E-state index in [-0.39, 0.29) is 48.2 Å². The van der Waals surface area contributed by atoms with Gasteiger partial charge in [-0.05, 0) is 42.5 Å². The lowest BCUT2D eigenvalue weighted by Crippen LogP contribution is -2.36. The maximum atomic E-state index is 13.1. The lowest BCUT2D eigenvalue weighted by molar-refractivity contribution is 0.0997. The molecule has 2 aromatic carbocycles. The molecule has 0 atom stereocenters. The van der Waals surface area contributed by atoms with Crippen molar-refractivity contribution < 1.29 is 31.1 Å². The van der Waals surface area contributed by atoms with Crippen LogP contribution in [0.2, 0.25) is 0 Å². The van der Waals surface area contributed by atoms with Gasteiger partial charge in [0.2, 0.25) is 10.0 Å². The van der Waals surface area contributed by atoms with Gasteiger partial charge in [-0.3, -0.25) is 4.79 Å². The van der Waals surface area contributed by atoms with Crippen LogP contribution in [0.3, 0.4) is 0 Å². The highest BCUT2D eigenvalue weighted by Crippen LogP contribution is 2.22. The fourth-order valence-electron chi connectivity index (χ4n) is 3.42. The zero-order chi connectivity index (χ0) is 27.2. The van der Waals surface area contributed by atoms with E-state index in [2.05, 4.69) is 10.9 Å². The fraction of sp³-hybridized carbons (Fsp3) is 0.333. The van der Waals surface area contributed by atoms with Crippen LogP contribution in [0.25, 0.3) is 10.2 Å². The number of fused-ring (bicyclic) bond motifs is 1. The van der Waals surface area contributed by atoms with Crippen LogP contribution in [0.1, 0.15) is 10.4 Å². The zero-order valence-electron chi connectivity index (χ0n) is 20.6. The van der Waals surface area contributed by atoms with Crippen molar-refractivity contribution in [2.24, 2.45) is 4.99 Å². The van der Waals surface area contributed by atoms with Gasteiger partial charge in [-0.15, -0.1) is 6.42 Å². The lowest BCUT2D eigenvalue weighted by atomic mass is 10.2. The molecular formula is C24H27N3O7S3. The number of terminal acetylenes is 1. The van der Waals surface area contributed by atoms with Crippen molar-refractivity contribution in [2.75, 3.05) is 46.8 Å². The van der Waals surface area contributed by atoms with Crippen molar-refractivity contribution in [2.45, 2.75) is 16.3 Å². The predicted octanol–water partition coefficient (Wildman–Crippen LogP) is 1.76. The fourth-order valence-corrected chi connectivity index (χ4v) is 6.62. The van der Waals surface area contributed by atoms with Gasteiger partial charge in [-0.2, -0.15) is 9.30 Å². The van der Waals surface area contributed by atoms with Crippen LogP contribution >= 0.6 is 11.3 Å². The van der Waals surface area contributed by atoms with E-state index < -0.39 is 25.8 Å². The van der Waals surface area contributed by atoms with Crippen molar-refractivity contribution in [1.82, 2.24) is 8.87 Å². The van der Waals surface area contributed by atoms with E-state index in [0.29, 0.717) is 15.0 Å². The van der Waals surface area contributed by atoms with Gasteiger partial charge in [0.1, 0.15) is 0 Å². The van der Waals surface area contributed by atoms with E-state index in [1.54, 1.807) is 10.6 Å². The average molecular weight is 566 g/mol. The number of thiazole rings is 1. The van der Waals surface area contributed by atoms with E-state index in [9.17, 15) is 21.6 Å². The number of hydrogen-bond donors (Lipinski definition) is 0. The van der Waals surface area contributed by atoms with Gasteiger partial charge in [0.05, 0.1) is 39.8 Å². The minimum atomic E-state index is -3.84. The highest BCUT2D eigenvalue weighted by atomic mass is 32.2. The normalized spacial score (nSPS) is 12.8. The van der Waals surface area contributed by atoms with Crippen LogP contribution in [0.5, 0.6) is 0 Å². The first-order chi connectivity index (χ1) is 17.5. The van der Waals surface area contributed by atoms with Crippen molar-refractivity contribution in [1.29, 1.82) is 0 Å². The highest BCUT2D eigenvalue weighted by Gasteiger charge is 2.24. The molecule has 1 amide bonds. The van der Waals surface area contributed by atoms with Crippen molar-refractivity contribution in [3.8, 4) is 12.3 Å². The monoisotopic (exact) mass is 565 g/mol. The lowest BCUT2D eigenvalue weighted by Gasteiger charge is -2.21. The summed E-state index contributed by atoms with van der Waals surface area (Å²) >= 11 is 1.13. The summed E-state index contributed by atoms with van der Waals surface area (Å²) in [7, 11) is -4.28. The molecule has 0 aliphatic carbocycles. The molecule has 1 aromatic heterocycles. The van der Waals surface area contributed by atoms with E-state index in [1.807, 2.05) is 0 Å². The molecule has 0 radical (unpaired) electrons. The molecule has 3 rings (SSSR count). The average Bonchev–Trinajstić information content (AvgIpc) is 3.19. The van der Waals surface area contributed by atoms with Gasteiger partial charge in [0.25, 0.3) is 5.91 Å². The third-order valence-electron chi connectivity index (χ3n) is 5.36. The molecule has 37 heavy (non-hydrogen) atoms. The predicted molar refractivity (Wildman–Crippen MR) is 141 cm³/mol. The van der Waals surface area contributed by atoms with Crippen LogP contribution in [-0.4, -0.2) is 78.4 Å². The Morgan fingerprint density at radius 3 is 2.16 bits per heavy atom. The summed E-state index contributed by atoms with van der Waals surface area (Å²) in [5.41, 5.74) is 0.830. The molecule has 0 saturated heterocycles. The molecule has 0 bridgehead atoms. The Hall–Kier alpha value is -2.86. The highest BCUT2D eigenvalue weighted by molar-refractivity contribution is 7.90. The third-order valence-corrected chi connectivity index (χ3v) is 9.42. The number of sulfonamides is 1. The van der Waals surface area contributed by atoms with E-state index >= 15 is 0 Å². The van der Waals surface area contributed by atoms with Crippen LogP contribution < -0.4 is 4.80 Å². The SMILES string of the molecule is C#CCn1c(=NC(=O)c2ccc(S(=O)(=O)N(CCOC)CCOC)cc2)sc2cc(S(C)(=O)=O)ccc21. The van der Waals surface area contributed by atoms with Gasteiger partial charge >= 0.3 is 0 Å². The van der Waals surface area contributed by atoms with Crippen LogP contribution in [0.15, 0.2) is 57.2 Å². The molecule has 0 saturated carbocycles. The molecule has 0 N–H and O–H groups in total. The summed E-state index contributed by atoms with van der Waals surface area (Å²) in [4.78, 5) is 17.6. The Morgan fingerprint density at radius 2 is 1.62 bits per heavy atom. The number of aromatic nitrogens is 1. The smallest absolute Gasteiger partial charge is 0.279 e. The minimum absolute atomic E-state index is 0.0221. The number of rotatable bonds is 11. The standard InChI is InChI=1S/C24H27N3O7S3/c1-5-12-27-21-11-10-20(36(4,29)30)17-22(21)35-24(27)25-23(28)18-6-8-19(9-7-18)37(31,32)26(13-15-33-2)14-16-34-3/h1,6-11,17H,12-16H2,2-4H3. The van der Waals surface area contributed by atoms with Gasteiger partial charge in [0, 0.05) is 39.1 Å². The minimum Gasteiger partial charge on any atom is -0.383 e.